The van der Waals surface area contributed by atoms with Gasteiger partial charge in [0.15, 0.2) is 0 Å². The molecule has 0 spiro atoms. The van der Waals surface area contributed by atoms with Crippen LogP contribution in [-0.2, 0) is 0 Å². The maximum atomic E-state index is 6.26. The van der Waals surface area contributed by atoms with Gasteiger partial charge >= 0.3 is 0 Å². The molecular weight excluding hydrogens is 260 g/mol. The van der Waals surface area contributed by atoms with Crippen LogP contribution in [0.1, 0.15) is 33.6 Å². The zero-order chi connectivity index (χ0) is 15.6. The van der Waals surface area contributed by atoms with E-state index in [2.05, 4.69) is 49.6 Å². The van der Waals surface area contributed by atoms with E-state index >= 15 is 0 Å². The van der Waals surface area contributed by atoms with E-state index in [1.54, 1.807) is 0 Å². The van der Waals surface area contributed by atoms with E-state index in [-0.39, 0.29) is 5.54 Å². The maximum absolute atomic E-state index is 6.26. The minimum Gasteiger partial charge on any atom is -0.329 e. The van der Waals surface area contributed by atoms with E-state index < -0.39 is 0 Å². The summed E-state index contributed by atoms with van der Waals surface area (Å²) in [5.41, 5.74) is 6.51. The van der Waals surface area contributed by atoms with Crippen LogP contribution in [0.2, 0.25) is 0 Å². The molecule has 2 aliphatic rings. The topological polar surface area (TPSA) is 35.7 Å². The molecule has 0 radical (unpaired) electrons. The summed E-state index contributed by atoms with van der Waals surface area (Å²) >= 11 is 0. The summed E-state index contributed by atoms with van der Waals surface area (Å²) in [6, 6.07) is 0.683. The summed E-state index contributed by atoms with van der Waals surface area (Å²) in [4.78, 5) is 7.74. The number of rotatable bonds is 5. The normalized spacial score (nSPS) is 31.4. The summed E-state index contributed by atoms with van der Waals surface area (Å²) in [6.45, 7) is 13.9. The third-order valence-corrected chi connectivity index (χ3v) is 5.70. The molecule has 2 fully saturated rings. The van der Waals surface area contributed by atoms with E-state index in [0.717, 1.165) is 18.4 Å². The second-order valence-corrected chi connectivity index (χ2v) is 8.04. The number of piperidine rings is 1. The summed E-state index contributed by atoms with van der Waals surface area (Å²) in [5.74, 6) is 1.51. The van der Waals surface area contributed by atoms with Crippen LogP contribution in [0, 0.1) is 11.8 Å². The molecule has 2 N–H and O–H groups in total. The predicted molar refractivity (Wildman–Crippen MR) is 90.5 cm³/mol. The van der Waals surface area contributed by atoms with Crippen molar-refractivity contribution >= 4 is 0 Å². The minimum atomic E-state index is 0.256. The number of hydrogen-bond donors (Lipinski definition) is 1. The van der Waals surface area contributed by atoms with Gasteiger partial charge < -0.3 is 15.5 Å². The van der Waals surface area contributed by atoms with Gasteiger partial charge in [-0.1, -0.05) is 20.8 Å². The first-order chi connectivity index (χ1) is 9.88. The Morgan fingerprint density at radius 2 is 1.81 bits per heavy atom. The first-order valence-corrected chi connectivity index (χ1v) is 8.72. The minimum absolute atomic E-state index is 0.256. The molecule has 21 heavy (non-hydrogen) atoms. The number of nitrogens with zero attached hydrogens (tertiary/aromatic N) is 3. The zero-order valence-corrected chi connectivity index (χ0v) is 14.8. The Morgan fingerprint density at radius 3 is 2.24 bits per heavy atom. The Kier molecular flexibility index (Phi) is 5.69. The third-order valence-electron chi connectivity index (χ3n) is 5.70. The Hall–Kier alpha value is -0.160. The molecule has 2 saturated heterocycles. The highest BCUT2D eigenvalue weighted by molar-refractivity contribution is 5.01. The first kappa shape index (κ1) is 17.2. The smallest absolute Gasteiger partial charge is 0.0356 e. The first-order valence-electron chi connectivity index (χ1n) is 8.72. The zero-order valence-electron chi connectivity index (χ0n) is 14.8. The van der Waals surface area contributed by atoms with Gasteiger partial charge in [0.05, 0.1) is 0 Å². The molecule has 124 valence electrons. The third kappa shape index (κ3) is 3.79. The van der Waals surface area contributed by atoms with Crippen LogP contribution in [0.15, 0.2) is 0 Å². The molecule has 4 nitrogen and oxygen atoms in total. The van der Waals surface area contributed by atoms with Gasteiger partial charge in [0.25, 0.3) is 0 Å². The highest BCUT2D eigenvalue weighted by Gasteiger charge is 2.44. The van der Waals surface area contributed by atoms with Gasteiger partial charge in [-0.2, -0.15) is 0 Å². The fourth-order valence-corrected chi connectivity index (χ4v) is 4.33. The Bertz CT molecular complexity index is 321. The van der Waals surface area contributed by atoms with Crippen molar-refractivity contribution < 1.29 is 0 Å². The SMILES string of the molecule is CC(C)CN1CCC(CN)(N2CC(C)C(N(C)C)C2)CC1. The highest BCUT2D eigenvalue weighted by atomic mass is 15.3. The molecule has 0 aromatic rings. The average molecular weight is 297 g/mol. The molecule has 0 aromatic carbocycles. The molecule has 2 rings (SSSR count). The predicted octanol–water partition coefficient (Wildman–Crippen LogP) is 1.32. The molecule has 2 aliphatic heterocycles. The van der Waals surface area contributed by atoms with E-state index in [4.69, 9.17) is 5.73 Å². The largest absolute Gasteiger partial charge is 0.329 e. The van der Waals surface area contributed by atoms with Gasteiger partial charge in [0.1, 0.15) is 0 Å². The molecular formula is C17H36N4. The van der Waals surface area contributed by atoms with Crippen LogP contribution in [0.4, 0.5) is 0 Å². The standard InChI is InChI=1S/C17H36N4/c1-14(2)10-20-8-6-17(13-18,7-9-20)21-11-15(3)16(12-21)19(4)5/h14-16H,6-13,18H2,1-5H3. The van der Waals surface area contributed by atoms with Crippen molar-refractivity contribution in [2.75, 3.05) is 53.4 Å². The molecule has 0 aliphatic carbocycles. The lowest BCUT2D eigenvalue weighted by molar-refractivity contribution is 0.0350. The van der Waals surface area contributed by atoms with Crippen molar-refractivity contribution in [3.8, 4) is 0 Å². The number of likely N-dealkylation sites (N-methyl/N-ethyl adjacent to an activating group) is 1. The van der Waals surface area contributed by atoms with Gasteiger partial charge in [-0.25, -0.2) is 0 Å². The van der Waals surface area contributed by atoms with Crippen LogP contribution in [0.3, 0.4) is 0 Å². The van der Waals surface area contributed by atoms with E-state index in [1.807, 2.05) is 0 Å². The second kappa shape index (κ2) is 6.95. The van der Waals surface area contributed by atoms with Gasteiger partial charge in [-0.3, -0.25) is 4.90 Å². The molecule has 0 bridgehead atoms. The monoisotopic (exact) mass is 296 g/mol. The fourth-order valence-electron chi connectivity index (χ4n) is 4.33. The van der Waals surface area contributed by atoms with Crippen LogP contribution in [-0.4, -0.2) is 79.6 Å². The molecule has 0 aromatic heterocycles. The van der Waals surface area contributed by atoms with E-state index in [1.165, 1.54) is 45.6 Å². The summed E-state index contributed by atoms with van der Waals surface area (Å²) in [7, 11) is 4.43. The van der Waals surface area contributed by atoms with Crippen molar-refractivity contribution in [3.05, 3.63) is 0 Å². The summed E-state index contributed by atoms with van der Waals surface area (Å²) in [5, 5.41) is 0. The molecule has 0 amide bonds. The lowest BCUT2D eigenvalue weighted by atomic mass is 9.85. The Labute approximate surface area is 131 Å². The van der Waals surface area contributed by atoms with E-state index in [0.29, 0.717) is 6.04 Å². The fraction of sp³-hybridized carbons (Fsp3) is 1.00. The van der Waals surface area contributed by atoms with Crippen molar-refractivity contribution in [1.29, 1.82) is 0 Å². The summed E-state index contributed by atoms with van der Waals surface area (Å²) in [6.07, 6.45) is 2.48. The molecule has 2 atom stereocenters. The second-order valence-electron chi connectivity index (χ2n) is 8.04. The average Bonchev–Trinajstić information content (AvgIpc) is 2.82. The quantitative estimate of drug-likeness (QED) is 0.830. The molecule has 2 unspecified atom stereocenters. The highest BCUT2D eigenvalue weighted by Crippen LogP contribution is 2.34. The number of likely N-dealkylation sites (tertiary alicyclic amines) is 2. The molecule has 4 heteroatoms. The lowest BCUT2D eigenvalue weighted by Gasteiger charge is -2.47. The number of nitrogens with two attached hydrogens (primary N) is 1. The van der Waals surface area contributed by atoms with Crippen LogP contribution < -0.4 is 5.73 Å². The summed E-state index contributed by atoms with van der Waals surface area (Å²) < 4.78 is 0. The molecule has 2 heterocycles. The van der Waals surface area contributed by atoms with Gasteiger partial charge in [0, 0.05) is 37.8 Å². The maximum Gasteiger partial charge on any atom is 0.0356 e. The Morgan fingerprint density at radius 1 is 1.19 bits per heavy atom. The molecule has 0 saturated carbocycles. The lowest BCUT2D eigenvalue weighted by Crippen LogP contribution is -2.59. The van der Waals surface area contributed by atoms with Crippen molar-refractivity contribution in [2.24, 2.45) is 17.6 Å². The van der Waals surface area contributed by atoms with E-state index in [9.17, 15) is 0 Å². The van der Waals surface area contributed by atoms with Gasteiger partial charge in [-0.15, -0.1) is 0 Å². The van der Waals surface area contributed by atoms with Crippen molar-refractivity contribution in [1.82, 2.24) is 14.7 Å². The van der Waals surface area contributed by atoms with Crippen LogP contribution >= 0.6 is 0 Å². The van der Waals surface area contributed by atoms with Gasteiger partial charge in [0.2, 0.25) is 0 Å². The van der Waals surface area contributed by atoms with Crippen molar-refractivity contribution in [2.45, 2.75) is 45.2 Å². The van der Waals surface area contributed by atoms with Crippen molar-refractivity contribution in [3.63, 3.8) is 0 Å². The van der Waals surface area contributed by atoms with Gasteiger partial charge in [-0.05, 0) is 51.9 Å². The Balaban J connectivity index is 1.97. The van der Waals surface area contributed by atoms with Crippen LogP contribution in [0.5, 0.6) is 0 Å². The number of hydrogen-bond acceptors (Lipinski definition) is 4. The van der Waals surface area contributed by atoms with Crippen LogP contribution in [0.25, 0.3) is 0 Å².